The lowest BCUT2D eigenvalue weighted by atomic mass is 9.54. The highest BCUT2D eigenvalue weighted by Crippen LogP contribution is 2.52. The monoisotopic (exact) mass is 386 g/mol. The van der Waals surface area contributed by atoms with Crippen LogP contribution in [0.25, 0.3) is 10.9 Å². The van der Waals surface area contributed by atoms with Crippen molar-refractivity contribution < 1.29 is 19.1 Å². The first-order valence-corrected chi connectivity index (χ1v) is 9.83. The molecule has 1 heterocycles. The van der Waals surface area contributed by atoms with E-state index in [0.29, 0.717) is 25.9 Å². The third-order valence-corrected chi connectivity index (χ3v) is 6.28. The number of para-hydroxylation sites is 1. The minimum absolute atomic E-state index is 0.0894. The minimum Gasteiger partial charge on any atom is -0.467 e. The number of ether oxygens (including phenoxy) is 2. The molecular weight excluding hydrogens is 356 g/mol. The summed E-state index contributed by atoms with van der Waals surface area (Å²) in [6.45, 7) is 8.44. The molecule has 1 saturated carbocycles. The maximum atomic E-state index is 12.8. The van der Waals surface area contributed by atoms with Gasteiger partial charge in [0.1, 0.15) is 5.54 Å². The van der Waals surface area contributed by atoms with Gasteiger partial charge in [-0.1, -0.05) is 32.0 Å². The van der Waals surface area contributed by atoms with Crippen molar-refractivity contribution in [1.82, 2.24) is 10.3 Å². The molecular formula is C22H30N2O4. The summed E-state index contributed by atoms with van der Waals surface area (Å²) in [7, 11) is 1.36. The predicted molar refractivity (Wildman–Crippen MR) is 108 cm³/mol. The number of methoxy groups -OCH3 is 1. The first kappa shape index (κ1) is 20.4. The van der Waals surface area contributed by atoms with Gasteiger partial charge in [0, 0.05) is 42.0 Å². The van der Waals surface area contributed by atoms with Crippen LogP contribution in [0.1, 0.15) is 44.7 Å². The molecule has 2 N–H and O–H groups in total. The molecule has 0 unspecified atom stereocenters. The Morgan fingerprint density at radius 3 is 2.71 bits per heavy atom. The summed E-state index contributed by atoms with van der Waals surface area (Å²) < 4.78 is 10.8. The van der Waals surface area contributed by atoms with Crippen molar-refractivity contribution in [3.8, 4) is 0 Å². The van der Waals surface area contributed by atoms with Crippen LogP contribution in [-0.2, 0) is 25.5 Å². The molecule has 1 aliphatic carbocycles. The molecule has 28 heavy (non-hydrogen) atoms. The Kier molecular flexibility index (Phi) is 5.53. The molecule has 6 heteroatoms. The zero-order valence-corrected chi connectivity index (χ0v) is 17.3. The average Bonchev–Trinajstić information content (AvgIpc) is 3.09. The normalized spacial score (nSPS) is 23.2. The first-order valence-electron chi connectivity index (χ1n) is 9.83. The molecule has 1 aromatic carbocycles. The fraction of sp³-hybridized carbons (Fsp3) is 0.545. The molecule has 0 saturated heterocycles. The van der Waals surface area contributed by atoms with E-state index in [0.717, 1.165) is 16.5 Å². The number of aryl methyl sites for hydroxylation is 2. The third kappa shape index (κ3) is 3.20. The minimum atomic E-state index is -1.05. The Hall–Kier alpha value is -2.34. The van der Waals surface area contributed by atoms with Crippen LogP contribution in [0.15, 0.2) is 24.4 Å². The van der Waals surface area contributed by atoms with E-state index in [-0.39, 0.29) is 12.0 Å². The second-order valence-electron chi connectivity index (χ2n) is 8.13. The molecule has 2 atom stereocenters. The van der Waals surface area contributed by atoms with Crippen molar-refractivity contribution in [2.75, 3.05) is 13.7 Å². The molecule has 1 aromatic heterocycles. The van der Waals surface area contributed by atoms with E-state index in [9.17, 15) is 9.59 Å². The van der Waals surface area contributed by atoms with E-state index in [4.69, 9.17) is 9.47 Å². The maximum Gasteiger partial charge on any atom is 0.332 e. The Morgan fingerprint density at radius 1 is 1.32 bits per heavy atom. The highest BCUT2D eigenvalue weighted by molar-refractivity contribution is 5.91. The largest absolute Gasteiger partial charge is 0.467 e. The number of rotatable bonds is 7. The van der Waals surface area contributed by atoms with E-state index in [1.165, 1.54) is 12.7 Å². The van der Waals surface area contributed by atoms with Crippen molar-refractivity contribution in [1.29, 1.82) is 0 Å². The number of nitrogens with one attached hydrogen (secondary N) is 2. The highest BCUT2D eigenvalue weighted by atomic mass is 16.5. The molecule has 2 aromatic rings. The zero-order valence-electron chi connectivity index (χ0n) is 17.3. The van der Waals surface area contributed by atoms with E-state index < -0.39 is 16.9 Å². The zero-order chi connectivity index (χ0) is 20.5. The Bertz CT molecular complexity index is 886. The van der Waals surface area contributed by atoms with Crippen LogP contribution in [0.3, 0.4) is 0 Å². The summed E-state index contributed by atoms with van der Waals surface area (Å²) in [5, 5.41) is 4.11. The summed E-state index contributed by atoms with van der Waals surface area (Å²) >= 11 is 0. The van der Waals surface area contributed by atoms with Gasteiger partial charge in [-0.3, -0.25) is 4.79 Å². The number of benzene rings is 1. The molecule has 1 amide bonds. The van der Waals surface area contributed by atoms with Crippen LogP contribution in [0.4, 0.5) is 0 Å². The van der Waals surface area contributed by atoms with Crippen LogP contribution in [0, 0.1) is 12.3 Å². The molecule has 3 rings (SSSR count). The van der Waals surface area contributed by atoms with Crippen molar-refractivity contribution in [3.05, 3.63) is 35.5 Å². The van der Waals surface area contributed by atoms with Gasteiger partial charge in [0.15, 0.2) is 0 Å². The first-order chi connectivity index (χ1) is 13.3. The van der Waals surface area contributed by atoms with Crippen molar-refractivity contribution in [3.63, 3.8) is 0 Å². The van der Waals surface area contributed by atoms with Crippen molar-refractivity contribution in [2.24, 2.45) is 5.41 Å². The fourth-order valence-corrected chi connectivity index (χ4v) is 4.31. The van der Waals surface area contributed by atoms with Gasteiger partial charge in [-0.25, -0.2) is 4.79 Å². The van der Waals surface area contributed by atoms with E-state index in [2.05, 4.69) is 29.4 Å². The SMILES string of the molecule is CCO[C@@H]1C[C@@](NC(=O)CCc2c[nH]c3c(C)cccc23)(C(=O)OC)C1(C)C. The third-order valence-electron chi connectivity index (χ3n) is 6.28. The second-order valence-corrected chi connectivity index (χ2v) is 8.13. The van der Waals surface area contributed by atoms with Gasteiger partial charge < -0.3 is 19.8 Å². The van der Waals surface area contributed by atoms with Gasteiger partial charge in [0.2, 0.25) is 5.91 Å². The molecule has 0 aliphatic heterocycles. The van der Waals surface area contributed by atoms with Gasteiger partial charge >= 0.3 is 5.97 Å². The molecule has 0 radical (unpaired) electrons. The smallest absolute Gasteiger partial charge is 0.332 e. The van der Waals surface area contributed by atoms with E-state index >= 15 is 0 Å². The molecule has 1 fully saturated rings. The van der Waals surface area contributed by atoms with Crippen molar-refractivity contribution >= 4 is 22.8 Å². The Morgan fingerprint density at radius 2 is 2.07 bits per heavy atom. The fourth-order valence-electron chi connectivity index (χ4n) is 4.31. The number of esters is 1. The highest BCUT2D eigenvalue weighted by Gasteiger charge is 2.66. The van der Waals surface area contributed by atoms with Crippen LogP contribution >= 0.6 is 0 Å². The number of carbonyl (C=O) groups excluding carboxylic acids is 2. The molecule has 1 aliphatic rings. The van der Waals surface area contributed by atoms with Gasteiger partial charge in [0.05, 0.1) is 13.2 Å². The lowest BCUT2D eigenvalue weighted by Gasteiger charge is -2.58. The lowest BCUT2D eigenvalue weighted by Crippen LogP contribution is -2.76. The van der Waals surface area contributed by atoms with Gasteiger partial charge in [0.25, 0.3) is 0 Å². The number of H-pyrrole nitrogens is 1. The number of carbonyl (C=O) groups is 2. The molecule has 6 nitrogen and oxygen atoms in total. The van der Waals surface area contributed by atoms with E-state index in [1.54, 1.807) is 0 Å². The van der Waals surface area contributed by atoms with Crippen LogP contribution in [0.5, 0.6) is 0 Å². The average molecular weight is 386 g/mol. The molecule has 0 spiro atoms. The van der Waals surface area contributed by atoms with Gasteiger partial charge in [-0.15, -0.1) is 0 Å². The van der Waals surface area contributed by atoms with Crippen LogP contribution < -0.4 is 5.32 Å². The molecule has 152 valence electrons. The van der Waals surface area contributed by atoms with Gasteiger partial charge in [-0.2, -0.15) is 0 Å². The Labute approximate surface area is 166 Å². The summed E-state index contributed by atoms with van der Waals surface area (Å²) in [5.74, 6) is -0.569. The quantitative estimate of drug-likeness (QED) is 0.716. The molecule has 0 bridgehead atoms. The van der Waals surface area contributed by atoms with Crippen molar-refractivity contribution in [2.45, 2.75) is 58.6 Å². The summed E-state index contributed by atoms with van der Waals surface area (Å²) in [5.41, 5.74) is 1.79. The standard InChI is InChI=1S/C22H30N2O4/c1-6-28-17-12-22(20(26)27-5,21(17,3)4)24-18(25)11-10-15-13-23-19-14(2)8-7-9-16(15)19/h7-9,13,17,23H,6,10-12H2,1-5H3,(H,24,25)/t17-,22-/m1/s1. The van der Waals surface area contributed by atoms with Crippen LogP contribution in [0.2, 0.25) is 0 Å². The number of hydrogen-bond donors (Lipinski definition) is 2. The number of aromatic nitrogens is 1. The number of amides is 1. The number of aromatic amines is 1. The topological polar surface area (TPSA) is 80.4 Å². The number of fused-ring (bicyclic) bond motifs is 1. The lowest BCUT2D eigenvalue weighted by molar-refractivity contribution is -0.197. The summed E-state index contributed by atoms with van der Waals surface area (Å²) in [6, 6.07) is 6.14. The number of hydrogen-bond acceptors (Lipinski definition) is 4. The summed E-state index contributed by atoms with van der Waals surface area (Å²) in [4.78, 5) is 28.6. The predicted octanol–water partition coefficient (Wildman–Crippen LogP) is 3.27. The second kappa shape index (κ2) is 7.59. The van der Waals surface area contributed by atoms with Gasteiger partial charge in [-0.05, 0) is 31.4 Å². The maximum absolute atomic E-state index is 12.8. The Balaban J connectivity index is 1.71. The summed E-state index contributed by atoms with van der Waals surface area (Å²) in [6.07, 6.45) is 3.20. The van der Waals surface area contributed by atoms with E-state index in [1.807, 2.05) is 33.0 Å². The van der Waals surface area contributed by atoms with Crippen LogP contribution in [-0.4, -0.2) is 42.2 Å².